The van der Waals surface area contributed by atoms with Gasteiger partial charge in [-0.25, -0.2) is 15.0 Å². The highest BCUT2D eigenvalue weighted by molar-refractivity contribution is 9.10. The lowest BCUT2D eigenvalue weighted by Gasteiger charge is -2.27. The molecular weight excluding hydrogens is 538 g/mol. The average Bonchev–Trinajstić information content (AvgIpc) is 3.27. The average molecular weight is 564 g/mol. The number of hydrogen-bond donors (Lipinski definition) is 2. The molecule has 0 bridgehead atoms. The number of carbonyl (C=O) groups is 2. The number of benzene rings is 1. The summed E-state index contributed by atoms with van der Waals surface area (Å²) in [4.78, 5) is 42.1. The molecule has 3 N–H and O–H groups in total. The number of ether oxygens (including phenoxy) is 1. The van der Waals surface area contributed by atoms with Crippen LogP contribution in [-0.2, 0) is 16.1 Å². The lowest BCUT2D eigenvalue weighted by atomic mass is 10.0. The van der Waals surface area contributed by atoms with Gasteiger partial charge in [0.2, 0.25) is 11.8 Å². The van der Waals surface area contributed by atoms with Gasteiger partial charge in [-0.3, -0.25) is 9.59 Å². The number of aromatic nitrogens is 4. The van der Waals surface area contributed by atoms with Gasteiger partial charge in [-0.1, -0.05) is 19.1 Å². The number of halogens is 1. The Morgan fingerprint density at radius 2 is 2.03 bits per heavy atom. The van der Waals surface area contributed by atoms with Gasteiger partial charge in [0.05, 0.1) is 23.4 Å². The second-order valence-electron chi connectivity index (χ2n) is 10.1. The minimum atomic E-state index is -0.584. The van der Waals surface area contributed by atoms with Crippen molar-refractivity contribution in [3.05, 3.63) is 46.8 Å². The van der Waals surface area contributed by atoms with Crippen molar-refractivity contribution in [3.8, 4) is 5.75 Å². The van der Waals surface area contributed by atoms with Crippen LogP contribution in [-0.4, -0.2) is 55.4 Å². The number of fused-ring (bicyclic) bond motifs is 4. The Labute approximate surface area is 221 Å². The maximum absolute atomic E-state index is 13.9. The van der Waals surface area contributed by atoms with Crippen molar-refractivity contribution < 1.29 is 14.3 Å². The van der Waals surface area contributed by atoms with E-state index in [0.29, 0.717) is 39.4 Å². The molecular formula is C26H26BrN7O3. The number of anilines is 2. The number of pyridine rings is 1. The van der Waals surface area contributed by atoms with Gasteiger partial charge in [0.1, 0.15) is 46.5 Å². The zero-order valence-electron chi connectivity index (χ0n) is 20.7. The summed E-state index contributed by atoms with van der Waals surface area (Å²) in [5, 5.41) is 4.35. The molecule has 3 atom stereocenters. The van der Waals surface area contributed by atoms with E-state index in [1.807, 2.05) is 41.8 Å². The number of aryl methyl sites for hydroxylation is 1. The van der Waals surface area contributed by atoms with E-state index in [-0.39, 0.29) is 29.8 Å². The summed E-state index contributed by atoms with van der Waals surface area (Å²) in [5.74, 6) is 1.05. The first kappa shape index (κ1) is 23.7. The van der Waals surface area contributed by atoms with E-state index in [0.717, 1.165) is 22.9 Å². The Balaban J connectivity index is 1.36. The quantitative estimate of drug-likeness (QED) is 0.354. The molecule has 3 aromatic heterocycles. The first-order chi connectivity index (χ1) is 17.7. The number of nitrogens with zero attached hydrogens (tertiary/aromatic N) is 5. The summed E-state index contributed by atoms with van der Waals surface area (Å²) in [6.07, 6.45) is 2.88. The summed E-state index contributed by atoms with van der Waals surface area (Å²) in [6, 6.07) is 8.75. The molecule has 2 aliphatic rings. The zero-order chi connectivity index (χ0) is 26.1. The van der Waals surface area contributed by atoms with Gasteiger partial charge in [-0.05, 0) is 64.9 Å². The van der Waals surface area contributed by atoms with Crippen LogP contribution in [0.1, 0.15) is 25.3 Å². The molecule has 6 rings (SSSR count). The van der Waals surface area contributed by atoms with Crippen molar-refractivity contribution in [2.24, 2.45) is 5.41 Å². The monoisotopic (exact) mass is 563 g/mol. The van der Waals surface area contributed by atoms with E-state index in [1.165, 1.54) is 6.33 Å². The van der Waals surface area contributed by atoms with E-state index in [2.05, 4.69) is 43.1 Å². The Kier molecular flexibility index (Phi) is 5.37. The molecule has 1 saturated heterocycles. The topological polar surface area (TPSA) is 128 Å². The number of nitrogen functional groups attached to an aromatic ring is 1. The molecule has 4 aromatic rings. The van der Waals surface area contributed by atoms with Crippen LogP contribution < -0.4 is 15.8 Å². The molecule has 2 fully saturated rings. The number of rotatable bonds is 5. The Hall–Kier alpha value is -3.73. The number of likely N-dealkylation sites (tertiary alicyclic amines) is 1. The predicted octanol–water partition coefficient (Wildman–Crippen LogP) is 3.66. The molecule has 0 spiro atoms. The van der Waals surface area contributed by atoms with E-state index in [1.54, 1.807) is 12.0 Å². The van der Waals surface area contributed by atoms with E-state index < -0.39 is 6.04 Å². The number of nitrogens with one attached hydrogen (secondary N) is 1. The maximum Gasteiger partial charge on any atom is 0.248 e. The number of carbonyl (C=O) groups excluding carboxylic acids is 2. The molecule has 0 radical (unpaired) electrons. The minimum absolute atomic E-state index is 0.00808. The van der Waals surface area contributed by atoms with E-state index >= 15 is 0 Å². The SMILES string of the molecule is COc1cccc2c1c1c(N)ncnc1n2CC(=O)N1[C@H](C(=O)Nc2nc(Br)ccc2C)C[C@@]2(C)C[C@@H]12. The highest BCUT2D eigenvalue weighted by Crippen LogP contribution is 2.59. The molecule has 2 amide bonds. The van der Waals surface area contributed by atoms with Crippen molar-refractivity contribution in [1.29, 1.82) is 0 Å². The minimum Gasteiger partial charge on any atom is -0.496 e. The zero-order valence-corrected chi connectivity index (χ0v) is 22.2. The van der Waals surface area contributed by atoms with Crippen molar-refractivity contribution >= 4 is 61.3 Å². The van der Waals surface area contributed by atoms with Gasteiger partial charge < -0.3 is 25.3 Å². The fourth-order valence-corrected chi connectivity index (χ4v) is 5.99. The summed E-state index contributed by atoms with van der Waals surface area (Å²) in [5.41, 5.74) is 8.34. The maximum atomic E-state index is 13.9. The number of hydrogen-bond acceptors (Lipinski definition) is 7. The molecule has 37 heavy (non-hydrogen) atoms. The van der Waals surface area contributed by atoms with Gasteiger partial charge in [0.25, 0.3) is 0 Å². The third kappa shape index (κ3) is 3.71. The van der Waals surface area contributed by atoms with Crippen LogP contribution >= 0.6 is 15.9 Å². The Bertz CT molecular complexity index is 1600. The number of piperidine rings is 1. The van der Waals surface area contributed by atoms with Crippen LogP contribution in [0.4, 0.5) is 11.6 Å². The molecule has 190 valence electrons. The van der Waals surface area contributed by atoms with Crippen LogP contribution in [0.15, 0.2) is 41.3 Å². The predicted molar refractivity (Wildman–Crippen MR) is 143 cm³/mol. The smallest absolute Gasteiger partial charge is 0.248 e. The second-order valence-corrected chi connectivity index (χ2v) is 10.9. The third-order valence-corrected chi connectivity index (χ3v) is 8.14. The van der Waals surface area contributed by atoms with Crippen LogP contribution in [0.3, 0.4) is 0 Å². The fourth-order valence-electron chi connectivity index (χ4n) is 5.68. The molecule has 1 aliphatic heterocycles. The van der Waals surface area contributed by atoms with Crippen LogP contribution in [0.2, 0.25) is 0 Å². The van der Waals surface area contributed by atoms with Crippen LogP contribution in [0, 0.1) is 12.3 Å². The number of methoxy groups -OCH3 is 1. The van der Waals surface area contributed by atoms with Gasteiger partial charge in [0.15, 0.2) is 0 Å². The number of amides is 2. The first-order valence-corrected chi connectivity index (χ1v) is 12.8. The van der Waals surface area contributed by atoms with E-state index in [4.69, 9.17) is 10.5 Å². The number of nitrogens with two attached hydrogens (primary N) is 1. The second kappa shape index (κ2) is 8.41. The van der Waals surface area contributed by atoms with Crippen LogP contribution in [0.5, 0.6) is 5.75 Å². The first-order valence-electron chi connectivity index (χ1n) is 12.0. The highest BCUT2D eigenvalue weighted by atomic mass is 79.9. The summed E-state index contributed by atoms with van der Waals surface area (Å²) in [6.45, 7) is 4.02. The van der Waals surface area contributed by atoms with Crippen LogP contribution in [0.25, 0.3) is 21.9 Å². The van der Waals surface area contributed by atoms with Gasteiger partial charge in [-0.2, -0.15) is 0 Å². The lowest BCUT2D eigenvalue weighted by Crippen LogP contribution is -2.46. The molecule has 0 unspecified atom stereocenters. The Morgan fingerprint density at radius 3 is 2.81 bits per heavy atom. The van der Waals surface area contributed by atoms with Crippen molar-refractivity contribution in [1.82, 2.24) is 24.4 Å². The molecule has 1 saturated carbocycles. The van der Waals surface area contributed by atoms with Crippen molar-refractivity contribution in [2.75, 3.05) is 18.2 Å². The highest BCUT2D eigenvalue weighted by Gasteiger charge is 2.64. The molecule has 1 aliphatic carbocycles. The fraction of sp³-hybridized carbons (Fsp3) is 0.346. The molecule has 11 heteroatoms. The van der Waals surface area contributed by atoms with Gasteiger partial charge in [0, 0.05) is 6.04 Å². The van der Waals surface area contributed by atoms with Crippen molar-refractivity contribution in [2.45, 2.75) is 45.3 Å². The van der Waals surface area contributed by atoms with E-state index in [9.17, 15) is 9.59 Å². The molecule has 1 aromatic carbocycles. The third-order valence-electron chi connectivity index (χ3n) is 7.70. The summed E-state index contributed by atoms with van der Waals surface area (Å²) in [7, 11) is 1.59. The van der Waals surface area contributed by atoms with Gasteiger partial charge >= 0.3 is 0 Å². The Morgan fingerprint density at radius 1 is 1.22 bits per heavy atom. The largest absolute Gasteiger partial charge is 0.496 e. The van der Waals surface area contributed by atoms with Gasteiger partial charge in [-0.15, -0.1) is 0 Å². The summed E-state index contributed by atoms with van der Waals surface area (Å²) < 4.78 is 8.05. The normalized spacial score (nSPS) is 22.3. The molecule has 4 heterocycles. The lowest BCUT2D eigenvalue weighted by molar-refractivity contribution is -0.138. The standard InChI is InChI=1S/C26H26BrN7O3/c1-13-7-8-18(27)31-23(13)32-25(36)15-9-26(2)10-17(26)34(15)19(35)11-33-14-5-4-6-16(37-3)20(14)21-22(28)29-12-30-24(21)33/h4-8,12,15,17H,9-11H2,1-3H3,(H2,28,29,30)(H,31,32,36)/t15-,17+,26-/m0/s1. The summed E-state index contributed by atoms with van der Waals surface area (Å²) >= 11 is 3.36. The molecule has 10 nitrogen and oxygen atoms in total. The van der Waals surface area contributed by atoms with Crippen molar-refractivity contribution in [3.63, 3.8) is 0 Å².